The van der Waals surface area contributed by atoms with E-state index < -0.39 is 12.7 Å². The highest BCUT2D eigenvalue weighted by molar-refractivity contribution is 7.81. The van der Waals surface area contributed by atoms with Crippen LogP contribution in [0.25, 0.3) is 0 Å². The minimum Gasteiger partial charge on any atom is -0.320 e. The van der Waals surface area contributed by atoms with Gasteiger partial charge in [-0.1, -0.05) is 32.0 Å². The molecule has 8 heteroatoms. The van der Waals surface area contributed by atoms with Gasteiger partial charge in [-0.25, -0.2) is 0 Å². The fraction of sp³-hybridized carbons (Fsp3) is 1.00. The summed E-state index contributed by atoms with van der Waals surface area (Å²) in [6.45, 7) is -0.840. The van der Waals surface area contributed by atoms with Gasteiger partial charge in [-0.2, -0.15) is 21.4 Å². The largest absolute Gasteiger partial charge is 0.345 e. The van der Waals surface area contributed by atoms with Gasteiger partial charge in [0, 0.05) is 0 Å². The Morgan fingerprint density at radius 2 is 2.12 bits per heavy atom. The first kappa shape index (κ1) is 20.4. The van der Waals surface area contributed by atoms with Gasteiger partial charge in [0.15, 0.2) is 0 Å². The normalized spacial score (nSPS) is 38.6. The maximum atomic E-state index is 12.4. The molecule has 138 valence electrons. The van der Waals surface area contributed by atoms with Gasteiger partial charge in [0.05, 0.1) is 31.2 Å². The molecule has 1 aliphatic carbocycles. The predicted octanol–water partition coefficient (Wildman–Crippen LogP) is 2.75. The third-order valence-electron chi connectivity index (χ3n) is 5.43. The Morgan fingerprint density at radius 1 is 1.38 bits per heavy atom. The van der Waals surface area contributed by atoms with E-state index in [-0.39, 0.29) is 23.0 Å². The summed E-state index contributed by atoms with van der Waals surface area (Å²) in [5, 5.41) is 6.89. The number of hydrogen-bond acceptors (Lipinski definition) is 5. The first-order chi connectivity index (χ1) is 11.4. The lowest BCUT2D eigenvalue weighted by Gasteiger charge is -2.43. The van der Waals surface area contributed by atoms with E-state index in [0.29, 0.717) is 18.8 Å². The van der Waals surface area contributed by atoms with Crippen LogP contribution >= 0.6 is 12.6 Å². The van der Waals surface area contributed by atoms with E-state index in [0.717, 1.165) is 38.5 Å². The van der Waals surface area contributed by atoms with Crippen molar-refractivity contribution in [1.82, 2.24) is 10.6 Å². The average Bonchev–Trinajstić information content (AvgIpc) is 2.81. The highest BCUT2D eigenvalue weighted by Crippen LogP contribution is 2.41. The second kappa shape index (κ2) is 9.17. The lowest BCUT2D eigenvalue weighted by molar-refractivity contribution is -0.165. The highest BCUT2D eigenvalue weighted by atomic mass is 32.1. The van der Waals surface area contributed by atoms with E-state index in [9.17, 15) is 8.78 Å². The molecular formula is C16H30BF2N3OS. The van der Waals surface area contributed by atoms with Crippen LogP contribution in [0.15, 0.2) is 0 Å². The van der Waals surface area contributed by atoms with Gasteiger partial charge in [0.1, 0.15) is 0 Å². The second-order valence-electron chi connectivity index (χ2n) is 7.17. The number of ether oxygens (including phenoxy) is 1. The number of rotatable bonds is 8. The van der Waals surface area contributed by atoms with E-state index in [1.807, 2.05) is 6.92 Å². The van der Waals surface area contributed by atoms with Crippen LogP contribution < -0.4 is 16.4 Å². The molecule has 2 fully saturated rings. The van der Waals surface area contributed by atoms with Crippen LogP contribution in [0, 0.1) is 5.92 Å². The van der Waals surface area contributed by atoms with E-state index >= 15 is 0 Å². The highest BCUT2D eigenvalue weighted by Gasteiger charge is 2.47. The first-order valence-corrected chi connectivity index (χ1v) is 9.56. The molecule has 2 aliphatic rings. The number of alkyl halides is 2. The summed E-state index contributed by atoms with van der Waals surface area (Å²) in [5.41, 5.74) is 5.80. The van der Waals surface area contributed by atoms with Crippen molar-refractivity contribution in [1.29, 1.82) is 0 Å². The molecule has 1 saturated carbocycles. The maximum absolute atomic E-state index is 12.4. The Kier molecular flexibility index (Phi) is 7.80. The Balaban J connectivity index is 1.97. The minimum atomic E-state index is -2.71. The smallest absolute Gasteiger partial charge is 0.320 e. The molecule has 0 aromatic rings. The van der Waals surface area contributed by atoms with Crippen molar-refractivity contribution in [2.75, 3.05) is 0 Å². The lowest BCUT2D eigenvalue weighted by Crippen LogP contribution is -2.57. The summed E-state index contributed by atoms with van der Waals surface area (Å²) in [6, 6.07) is 0. The molecule has 2 rings (SSSR count). The third kappa shape index (κ3) is 5.30. The topological polar surface area (TPSA) is 59.3 Å². The molecule has 6 unspecified atom stereocenters. The average molecular weight is 361 g/mol. The fourth-order valence-electron chi connectivity index (χ4n) is 4.15. The number of nitrogens with two attached hydrogens (primary N) is 1. The van der Waals surface area contributed by atoms with E-state index in [1.54, 1.807) is 0 Å². The van der Waals surface area contributed by atoms with Crippen LogP contribution in [0.2, 0.25) is 5.82 Å². The van der Waals surface area contributed by atoms with Crippen molar-refractivity contribution in [2.24, 2.45) is 11.7 Å². The summed E-state index contributed by atoms with van der Waals surface area (Å²) in [6.07, 6.45) is 6.34. The SMILES string of the molecule is [B]C1CCCC(C2(CCCC(CC)OC(F)F)NC(N)C(S)N2)C1. The molecular weight excluding hydrogens is 331 g/mol. The van der Waals surface area contributed by atoms with Crippen molar-refractivity contribution < 1.29 is 13.5 Å². The Bertz CT molecular complexity index is 384. The van der Waals surface area contributed by atoms with Gasteiger partial charge in [-0.05, 0) is 38.0 Å². The number of thiol groups is 1. The van der Waals surface area contributed by atoms with Crippen LogP contribution in [0.4, 0.5) is 8.78 Å². The molecule has 1 saturated heterocycles. The lowest BCUT2D eigenvalue weighted by atomic mass is 9.67. The zero-order valence-electron chi connectivity index (χ0n) is 14.4. The predicted molar refractivity (Wildman–Crippen MR) is 96.2 cm³/mol. The molecule has 24 heavy (non-hydrogen) atoms. The van der Waals surface area contributed by atoms with E-state index in [4.69, 9.17) is 13.6 Å². The van der Waals surface area contributed by atoms with E-state index in [1.165, 1.54) is 0 Å². The third-order valence-corrected chi connectivity index (χ3v) is 5.88. The summed E-state index contributed by atoms with van der Waals surface area (Å²) >= 11 is 4.52. The van der Waals surface area contributed by atoms with Crippen molar-refractivity contribution in [2.45, 2.75) is 94.0 Å². The van der Waals surface area contributed by atoms with Gasteiger partial charge >= 0.3 is 6.61 Å². The first-order valence-electron chi connectivity index (χ1n) is 9.04. The molecule has 0 bridgehead atoms. The molecule has 1 aliphatic heterocycles. The van der Waals surface area contributed by atoms with Crippen molar-refractivity contribution in [3.63, 3.8) is 0 Å². The summed E-state index contributed by atoms with van der Waals surface area (Å²) < 4.78 is 29.5. The van der Waals surface area contributed by atoms with Gasteiger partial charge in [0.2, 0.25) is 0 Å². The standard InChI is InChI=1S/C16H30BF2N3OS/c1-2-12(23-15(18)19)7-4-8-16(21-13(20)14(24)22-16)10-5-3-6-11(17)9-10/h10-15,21-22,24H,2-9,20H2,1H3. The number of halogens is 2. The van der Waals surface area contributed by atoms with Crippen LogP contribution in [0.5, 0.6) is 0 Å². The van der Waals surface area contributed by atoms with Gasteiger partial charge in [-0.3, -0.25) is 10.6 Å². The van der Waals surface area contributed by atoms with Crippen molar-refractivity contribution >= 4 is 20.5 Å². The van der Waals surface area contributed by atoms with Gasteiger partial charge < -0.3 is 10.5 Å². The van der Waals surface area contributed by atoms with Gasteiger partial charge in [0.25, 0.3) is 0 Å². The van der Waals surface area contributed by atoms with Crippen LogP contribution in [-0.4, -0.2) is 37.8 Å². The second-order valence-corrected chi connectivity index (χ2v) is 7.73. The van der Waals surface area contributed by atoms with Crippen molar-refractivity contribution in [3.05, 3.63) is 0 Å². The zero-order chi connectivity index (χ0) is 17.7. The van der Waals surface area contributed by atoms with E-state index in [2.05, 4.69) is 28.0 Å². The number of nitrogens with one attached hydrogen (secondary N) is 2. The monoisotopic (exact) mass is 361 g/mol. The maximum Gasteiger partial charge on any atom is 0.345 e. The minimum absolute atomic E-state index is 0.123. The Labute approximate surface area is 150 Å². The van der Waals surface area contributed by atoms with Crippen LogP contribution in [-0.2, 0) is 4.74 Å². The molecule has 6 atom stereocenters. The molecule has 4 N–H and O–H groups in total. The molecule has 0 aromatic carbocycles. The number of hydrogen-bond donors (Lipinski definition) is 4. The summed E-state index contributed by atoms with van der Waals surface area (Å²) in [5.74, 6) is 0.588. The molecule has 0 spiro atoms. The van der Waals surface area contributed by atoms with Crippen LogP contribution in [0.3, 0.4) is 0 Å². The Hall–Kier alpha value is 0.115. The molecule has 0 amide bonds. The molecule has 0 aromatic heterocycles. The van der Waals surface area contributed by atoms with Crippen LogP contribution in [0.1, 0.15) is 58.3 Å². The molecule has 1 heterocycles. The van der Waals surface area contributed by atoms with Gasteiger partial charge in [-0.15, -0.1) is 0 Å². The molecule has 2 radical (unpaired) electrons. The summed E-state index contributed by atoms with van der Waals surface area (Å²) in [4.78, 5) is 0. The fourth-order valence-corrected chi connectivity index (χ4v) is 4.46. The molecule has 4 nitrogen and oxygen atoms in total. The quantitative estimate of drug-likeness (QED) is 0.397. The van der Waals surface area contributed by atoms with Crippen molar-refractivity contribution in [3.8, 4) is 0 Å². The summed E-state index contributed by atoms with van der Waals surface area (Å²) in [7, 11) is 6.16. The Morgan fingerprint density at radius 3 is 2.67 bits per heavy atom. The zero-order valence-corrected chi connectivity index (χ0v) is 15.3.